The Kier molecular flexibility index (Phi) is 3.24. The zero-order chi connectivity index (χ0) is 13.2. The predicted octanol–water partition coefficient (Wildman–Crippen LogP) is 4.20. The highest BCUT2D eigenvalue weighted by Gasteiger charge is 2.10. The van der Waals surface area contributed by atoms with Crippen molar-refractivity contribution in [3.63, 3.8) is 0 Å². The monoisotopic (exact) mass is 256 g/mol. The fraction of sp³-hybridized carbons (Fsp3) is 0.294. The van der Waals surface area contributed by atoms with Crippen LogP contribution in [0.3, 0.4) is 0 Å². The lowest BCUT2D eigenvalue weighted by molar-refractivity contribution is 0.305. The summed E-state index contributed by atoms with van der Waals surface area (Å²) in [5.74, 6) is 0.532. The highest BCUT2D eigenvalue weighted by molar-refractivity contribution is 5.35. The molecule has 1 aliphatic rings. The summed E-state index contributed by atoms with van der Waals surface area (Å²) in [7, 11) is 0. The van der Waals surface area contributed by atoms with Crippen LogP contribution in [0.25, 0.3) is 0 Å². The maximum Gasteiger partial charge on any atom is 0.126 e. The van der Waals surface area contributed by atoms with Gasteiger partial charge in [0.25, 0.3) is 0 Å². The first-order chi connectivity index (χ1) is 9.22. The number of aryl methyl sites for hydroxylation is 3. The Balaban J connectivity index is 1.70. The van der Waals surface area contributed by atoms with Crippen LogP contribution in [0.5, 0.6) is 5.75 Å². The van der Waals surface area contributed by atoms with E-state index in [4.69, 9.17) is 4.74 Å². The summed E-state index contributed by atoms with van der Waals surface area (Å²) in [5.41, 5.74) is 4.73. The Morgan fingerprint density at radius 3 is 2.74 bits per heavy atom. The van der Waals surface area contributed by atoms with Crippen molar-refractivity contribution in [3.8, 4) is 5.75 Å². The van der Waals surface area contributed by atoms with Gasteiger partial charge in [0.05, 0.1) is 0 Å². The van der Waals surface area contributed by atoms with Crippen LogP contribution in [0.1, 0.15) is 28.7 Å². The van der Waals surface area contributed by atoms with E-state index in [2.05, 4.69) is 18.2 Å². The number of hydrogen-bond acceptors (Lipinski definition) is 1. The van der Waals surface area contributed by atoms with Crippen molar-refractivity contribution in [2.75, 3.05) is 0 Å². The number of benzene rings is 2. The lowest BCUT2D eigenvalue weighted by Crippen LogP contribution is -1.97. The molecular weight excluding hydrogens is 239 g/mol. The smallest absolute Gasteiger partial charge is 0.126 e. The SMILES string of the molecule is Cc1cc(OCc2ccc3c(c2)CCC3)ccc1F. The largest absolute Gasteiger partial charge is 0.489 e. The van der Waals surface area contributed by atoms with Crippen molar-refractivity contribution in [1.29, 1.82) is 0 Å². The molecule has 0 saturated heterocycles. The van der Waals surface area contributed by atoms with Gasteiger partial charge in [-0.3, -0.25) is 0 Å². The zero-order valence-electron chi connectivity index (χ0n) is 11.1. The molecule has 2 aromatic carbocycles. The molecule has 1 aliphatic carbocycles. The Hall–Kier alpha value is -1.83. The van der Waals surface area contributed by atoms with Gasteiger partial charge in [-0.15, -0.1) is 0 Å². The molecule has 0 amide bonds. The molecule has 0 unspecified atom stereocenters. The average Bonchev–Trinajstić information content (AvgIpc) is 2.87. The second kappa shape index (κ2) is 5.04. The van der Waals surface area contributed by atoms with Crippen molar-refractivity contribution >= 4 is 0 Å². The van der Waals surface area contributed by atoms with E-state index in [0.29, 0.717) is 12.2 Å². The van der Waals surface area contributed by atoms with Gasteiger partial charge in [0.15, 0.2) is 0 Å². The first-order valence-corrected chi connectivity index (χ1v) is 6.72. The van der Waals surface area contributed by atoms with E-state index in [9.17, 15) is 4.39 Å². The second-order valence-electron chi connectivity index (χ2n) is 5.16. The molecule has 0 N–H and O–H groups in total. The fourth-order valence-corrected chi connectivity index (χ4v) is 2.59. The number of halogens is 1. The van der Waals surface area contributed by atoms with Crippen molar-refractivity contribution < 1.29 is 9.13 Å². The standard InChI is InChI=1S/C17H17FO/c1-12-9-16(7-8-17(12)18)19-11-13-5-6-14-3-2-4-15(14)10-13/h5-10H,2-4,11H2,1H3. The van der Waals surface area contributed by atoms with Crippen molar-refractivity contribution in [2.24, 2.45) is 0 Å². The van der Waals surface area contributed by atoms with E-state index >= 15 is 0 Å². The highest BCUT2D eigenvalue weighted by Crippen LogP contribution is 2.24. The second-order valence-corrected chi connectivity index (χ2v) is 5.16. The number of fused-ring (bicyclic) bond motifs is 1. The van der Waals surface area contributed by atoms with Gasteiger partial charge in [-0.25, -0.2) is 4.39 Å². The minimum atomic E-state index is -0.190. The Bertz CT molecular complexity index is 604. The zero-order valence-corrected chi connectivity index (χ0v) is 11.1. The van der Waals surface area contributed by atoms with E-state index in [1.807, 2.05) is 0 Å². The lowest BCUT2D eigenvalue weighted by atomic mass is 10.1. The van der Waals surface area contributed by atoms with Gasteiger partial charge in [0, 0.05) is 0 Å². The van der Waals surface area contributed by atoms with E-state index < -0.39 is 0 Å². The maximum absolute atomic E-state index is 13.2. The van der Waals surface area contributed by atoms with Crippen LogP contribution in [-0.4, -0.2) is 0 Å². The maximum atomic E-state index is 13.2. The summed E-state index contributed by atoms with van der Waals surface area (Å²) in [6.07, 6.45) is 3.64. The predicted molar refractivity (Wildman–Crippen MR) is 73.9 cm³/mol. The van der Waals surface area contributed by atoms with Gasteiger partial charge in [0.2, 0.25) is 0 Å². The summed E-state index contributed by atoms with van der Waals surface area (Å²) < 4.78 is 18.9. The van der Waals surface area contributed by atoms with Gasteiger partial charge in [-0.05, 0) is 66.6 Å². The lowest BCUT2D eigenvalue weighted by Gasteiger charge is -2.09. The summed E-state index contributed by atoms with van der Waals surface area (Å²) in [5, 5.41) is 0. The molecule has 0 atom stereocenters. The van der Waals surface area contributed by atoms with Crippen LogP contribution >= 0.6 is 0 Å². The van der Waals surface area contributed by atoms with Gasteiger partial charge < -0.3 is 4.74 Å². The van der Waals surface area contributed by atoms with E-state index in [1.54, 1.807) is 19.1 Å². The van der Waals surface area contributed by atoms with Gasteiger partial charge >= 0.3 is 0 Å². The molecular formula is C17H17FO. The first-order valence-electron chi connectivity index (χ1n) is 6.72. The van der Waals surface area contributed by atoms with Gasteiger partial charge in [-0.2, -0.15) is 0 Å². The number of rotatable bonds is 3. The van der Waals surface area contributed by atoms with E-state index in [0.717, 1.165) is 5.75 Å². The summed E-state index contributed by atoms with van der Waals surface area (Å²) in [4.78, 5) is 0. The van der Waals surface area contributed by atoms with Crippen LogP contribution in [-0.2, 0) is 19.4 Å². The molecule has 0 radical (unpaired) electrons. The van der Waals surface area contributed by atoms with Crippen LogP contribution in [0, 0.1) is 12.7 Å². The van der Waals surface area contributed by atoms with Crippen molar-refractivity contribution in [3.05, 3.63) is 64.5 Å². The van der Waals surface area contributed by atoms with Crippen LogP contribution < -0.4 is 4.74 Å². The Morgan fingerprint density at radius 1 is 1.05 bits per heavy atom. The topological polar surface area (TPSA) is 9.23 Å². The molecule has 0 bridgehead atoms. The molecule has 0 heterocycles. The normalized spacial score (nSPS) is 13.4. The summed E-state index contributed by atoms with van der Waals surface area (Å²) >= 11 is 0. The van der Waals surface area contributed by atoms with Crippen LogP contribution in [0.2, 0.25) is 0 Å². The molecule has 0 aliphatic heterocycles. The highest BCUT2D eigenvalue weighted by atomic mass is 19.1. The third-order valence-corrected chi connectivity index (χ3v) is 3.70. The molecule has 2 aromatic rings. The van der Waals surface area contributed by atoms with Crippen LogP contribution in [0.4, 0.5) is 4.39 Å². The van der Waals surface area contributed by atoms with Crippen LogP contribution in [0.15, 0.2) is 36.4 Å². The van der Waals surface area contributed by atoms with Gasteiger partial charge in [0.1, 0.15) is 18.2 Å². The molecule has 3 rings (SSSR count). The third kappa shape index (κ3) is 2.62. The number of ether oxygens (including phenoxy) is 1. The molecule has 0 fully saturated rings. The molecule has 0 saturated carbocycles. The quantitative estimate of drug-likeness (QED) is 0.799. The fourth-order valence-electron chi connectivity index (χ4n) is 2.59. The average molecular weight is 256 g/mol. The van der Waals surface area contributed by atoms with E-state index in [-0.39, 0.29) is 5.82 Å². The molecule has 0 spiro atoms. The van der Waals surface area contributed by atoms with E-state index in [1.165, 1.54) is 42.0 Å². The molecule has 0 aromatic heterocycles. The van der Waals surface area contributed by atoms with Gasteiger partial charge in [-0.1, -0.05) is 18.2 Å². The number of hydrogen-bond donors (Lipinski definition) is 0. The van der Waals surface area contributed by atoms with Crippen molar-refractivity contribution in [1.82, 2.24) is 0 Å². The minimum Gasteiger partial charge on any atom is -0.489 e. The summed E-state index contributed by atoms with van der Waals surface area (Å²) in [6.45, 7) is 2.29. The molecule has 1 nitrogen and oxygen atoms in total. The molecule has 2 heteroatoms. The minimum absolute atomic E-state index is 0.190. The first kappa shape index (κ1) is 12.2. The molecule has 98 valence electrons. The Labute approximate surface area is 113 Å². The molecule has 19 heavy (non-hydrogen) atoms. The summed E-state index contributed by atoms with van der Waals surface area (Å²) in [6, 6.07) is 11.4. The Morgan fingerprint density at radius 2 is 1.89 bits per heavy atom. The van der Waals surface area contributed by atoms with Crippen molar-refractivity contribution in [2.45, 2.75) is 32.8 Å². The third-order valence-electron chi connectivity index (χ3n) is 3.70.